The molecule has 20 heavy (non-hydrogen) atoms. The molecule has 0 radical (unpaired) electrons. The normalized spacial score (nSPS) is 17.1. The number of rotatable bonds is 5. The second-order valence-electron chi connectivity index (χ2n) is 5.32. The van der Waals surface area contributed by atoms with Crippen LogP contribution in [-0.4, -0.2) is 27.3 Å². The summed E-state index contributed by atoms with van der Waals surface area (Å²) >= 11 is 0. The van der Waals surface area contributed by atoms with Crippen LogP contribution in [0.3, 0.4) is 0 Å². The Hall–Kier alpha value is -1.14. The zero-order chi connectivity index (χ0) is 14.6. The Morgan fingerprint density at radius 3 is 2.75 bits per heavy atom. The minimum atomic E-state index is -3.41. The van der Waals surface area contributed by atoms with Crippen molar-refractivity contribution in [2.75, 3.05) is 23.6 Å². The Morgan fingerprint density at radius 2 is 2.05 bits per heavy atom. The van der Waals surface area contributed by atoms with Crippen LogP contribution in [0.5, 0.6) is 0 Å². The molecule has 1 fully saturated rings. The van der Waals surface area contributed by atoms with Crippen molar-refractivity contribution in [3.8, 4) is 0 Å². The third kappa shape index (κ3) is 4.18. The molecule has 1 saturated heterocycles. The van der Waals surface area contributed by atoms with E-state index in [-0.39, 0.29) is 5.75 Å². The predicted octanol–water partition coefficient (Wildman–Crippen LogP) is 2.27. The summed E-state index contributed by atoms with van der Waals surface area (Å²) in [6.07, 6.45) is 2.70. The summed E-state index contributed by atoms with van der Waals surface area (Å²) in [5.41, 5.74) is 0.660. The van der Waals surface area contributed by atoms with Crippen LogP contribution in [-0.2, 0) is 10.0 Å². The van der Waals surface area contributed by atoms with E-state index < -0.39 is 15.8 Å². The van der Waals surface area contributed by atoms with Crippen LogP contribution in [0, 0.1) is 18.7 Å². The van der Waals surface area contributed by atoms with E-state index in [1.165, 1.54) is 12.1 Å². The van der Waals surface area contributed by atoms with Gasteiger partial charge in [0.1, 0.15) is 5.82 Å². The van der Waals surface area contributed by atoms with Crippen molar-refractivity contribution < 1.29 is 12.8 Å². The topological polar surface area (TPSA) is 58.2 Å². The Balaban J connectivity index is 1.94. The van der Waals surface area contributed by atoms with E-state index in [0.717, 1.165) is 25.9 Å². The van der Waals surface area contributed by atoms with E-state index in [0.29, 0.717) is 23.6 Å². The number of nitrogens with one attached hydrogen (secondary N) is 2. The van der Waals surface area contributed by atoms with Gasteiger partial charge in [-0.15, -0.1) is 0 Å². The number of benzene rings is 1. The van der Waals surface area contributed by atoms with E-state index in [1.54, 1.807) is 13.0 Å². The number of halogens is 1. The minimum Gasteiger partial charge on any atom is -0.317 e. The molecular formula is C14H21FN2O2S. The quantitative estimate of drug-likeness (QED) is 0.877. The average Bonchev–Trinajstić information content (AvgIpc) is 2.43. The minimum absolute atomic E-state index is 0.0909. The molecule has 1 aliphatic rings. The average molecular weight is 300 g/mol. The molecule has 0 saturated carbocycles. The number of hydrogen-bond acceptors (Lipinski definition) is 3. The second kappa shape index (κ2) is 6.54. The smallest absolute Gasteiger partial charge is 0.232 e. The Kier molecular flexibility index (Phi) is 4.99. The zero-order valence-corrected chi connectivity index (χ0v) is 12.5. The van der Waals surface area contributed by atoms with Gasteiger partial charge < -0.3 is 5.32 Å². The molecule has 0 spiro atoms. The third-order valence-corrected chi connectivity index (χ3v) is 5.09. The molecule has 0 amide bonds. The first-order chi connectivity index (χ1) is 9.48. The van der Waals surface area contributed by atoms with Crippen molar-refractivity contribution in [2.24, 2.45) is 5.92 Å². The van der Waals surface area contributed by atoms with Gasteiger partial charge >= 0.3 is 0 Å². The lowest BCUT2D eigenvalue weighted by Crippen LogP contribution is -2.29. The van der Waals surface area contributed by atoms with Crippen molar-refractivity contribution in [2.45, 2.75) is 26.2 Å². The number of hydrogen-bond donors (Lipinski definition) is 2. The first-order valence-electron chi connectivity index (χ1n) is 6.94. The maximum atomic E-state index is 13.4. The Morgan fingerprint density at radius 1 is 1.35 bits per heavy atom. The lowest BCUT2D eigenvalue weighted by Gasteiger charge is -2.22. The number of piperidine rings is 1. The van der Waals surface area contributed by atoms with Crippen LogP contribution in [0.15, 0.2) is 18.2 Å². The molecule has 2 N–H and O–H groups in total. The van der Waals surface area contributed by atoms with Gasteiger partial charge in [-0.1, -0.05) is 6.07 Å². The van der Waals surface area contributed by atoms with Crippen molar-refractivity contribution >= 4 is 15.7 Å². The molecule has 1 aromatic carbocycles. The fraction of sp³-hybridized carbons (Fsp3) is 0.571. The van der Waals surface area contributed by atoms with Gasteiger partial charge in [0, 0.05) is 5.56 Å². The summed E-state index contributed by atoms with van der Waals surface area (Å²) < 4.78 is 40.0. The molecule has 0 unspecified atom stereocenters. The van der Waals surface area contributed by atoms with Gasteiger partial charge in [-0.05, 0) is 57.3 Å². The molecule has 0 aliphatic carbocycles. The molecule has 6 heteroatoms. The monoisotopic (exact) mass is 300 g/mol. The second-order valence-corrected chi connectivity index (χ2v) is 7.16. The molecule has 1 aromatic rings. The maximum Gasteiger partial charge on any atom is 0.232 e. The van der Waals surface area contributed by atoms with E-state index in [9.17, 15) is 12.8 Å². The third-order valence-electron chi connectivity index (χ3n) is 3.79. The molecule has 0 bridgehead atoms. The standard InChI is InChI=1S/C14H21FN2O2S/c1-11-13(15)3-2-4-14(11)17-20(18,19)10-7-12-5-8-16-9-6-12/h2-4,12,16-17H,5-10H2,1H3. The fourth-order valence-electron chi connectivity index (χ4n) is 2.43. The Bertz CT molecular complexity index is 554. The first kappa shape index (κ1) is 15.3. The molecule has 0 aromatic heterocycles. The van der Waals surface area contributed by atoms with Crippen LogP contribution in [0.1, 0.15) is 24.8 Å². The van der Waals surface area contributed by atoms with E-state index in [1.807, 2.05) is 0 Å². The molecule has 4 nitrogen and oxygen atoms in total. The summed E-state index contributed by atoms with van der Waals surface area (Å²) in [6, 6.07) is 4.41. The highest BCUT2D eigenvalue weighted by molar-refractivity contribution is 7.92. The number of anilines is 1. The van der Waals surface area contributed by atoms with Crippen molar-refractivity contribution in [3.63, 3.8) is 0 Å². The largest absolute Gasteiger partial charge is 0.317 e. The van der Waals surface area contributed by atoms with Gasteiger partial charge in [-0.25, -0.2) is 12.8 Å². The van der Waals surface area contributed by atoms with Crippen LogP contribution >= 0.6 is 0 Å². The summed E-state index contributed by atoms with van der Waals surface area (Å²) in [5, 5.41) is 3.26. The molecule has 0 atom stereocenters. The lowest BCUT2D eigenvalue weighted by molar-refractivity contribution is 0.365. The van der Waals surface area contributed by atoms with Crippen molar-refractivity contribution in [1.29, 1.82) is 0 Å². The highest BCUT2D eigenvalue weighted by Gasteiger charge is 2.18. The van der Waals surface area contributed by atoms with Gasteiger partial charge in [0.15, 0.2) is 0 Å². The molecular weight excluding hydrogens is 279 g/mol. The summed E-state index contributed by atoms with van der Waals surface area (Å²) in [7, 11) is -3.41. The summed E-state index contributed by atoms with van der Waals surface area (Å²) in [6.45, 7) is 3.49. The van der Waals surface area contributed by atoms with Gasteiger partial charge in [-0.2, -0.15) is 0 Å². The molecule has 112 valence electrons. The van der Waals surface area contributed by atoms with Crippen LogP contribution in [0.25, 0.3) is 0 Å². The van der Waals surface area contributed by atoms with Gasteiger partial charge in [-0.3, -0.25) is 4.72 Å². The van der Waals surface area contributed by atoms with Crippen LogP contribution in [0.4, 0.5) is 10.1 Å². The first-order valence-corrected chi connectivity index (χ1v) is 8.59. The van der Waals surface area contributed by atoms with E-state index in [2.05, 4.69) is 10.0 Å². The van der Waals surface area contributed by atoms with Gasteiger partial charge in [0.05, 0.1) is 11.4 Å². The van der Waals surface area contributed by atoms with E-state index in [4.69, 9.17) is 0 Å². The van der Waals surface area contributed by atoms with Gasteiger partial charge in [0.25, 0.3) is 0 Å². The molecule has 1 aliphatic heterocycles. The Labute approximate surface area is 119 Å². The van der Waals surface area contributed by atoms with E-state index >= 15 is 0 Å². The highest BCUT2D eigenvalue weighted by atomic mass is 32.2. The summed E-state index contributed by atoms with van der Waals surface area (Å²) in [5.74, 6) is 0.151. The van der Waals surface area contributed by atoms with Crippen molar-refractivity contribution in [3.05, 3.63) is 29.6 Å². The zero-order valence-electron chi connectivity index (χ0n) is 11.7. The molecule has 1 heterocycles. The maximum absolute atomic E-state index is 13.4. The van der Waals surface area contributed by atoms with Gasteiger partial charge in [0.2, 0.25) is 10.0 Å². The molecule has 2 rings (SSSR count). The van der Waals surface area contributed by atoms with Crippen molar-refractivity contribution in [1.82, 2.24) is 5.32 Å². The summed E-state index contributed by atoms with van der Waals surface area (Å²) in [4.78, 5) is 0. The number of sulfonamides is 1. The predicted molar refractivity (Wildman–Crippen MR) is 78.8 cm³/mol. The highest BCUT2D eigenvalue weighted by Crippen LogP contribution is 2.21. The fourth-order valence-corrected chi connectivity index (χ4v) is 3.73. The lowest BCUT2D eigenvalue weighted by atomic mass is 9.96. The van der Waals surface area contributed by atoms with Crippen LogP contribution < -0.4 is 10.0 Å². The SMILES string of the molecule is Cc1c(F)cccc1NS(=O)(=O)CCC1CCNCC1. The van der Waals surface area contributed by atoms with Crippen LogP contribution in [0.2, 0.25) is 0 Å².